The third-order valence-electron chi connectivity index (χ3n) is 5.97. The van der Waals surface area contributed by atoms with Crippen LogP contribution < -0.4 is 10.6 Å². The lowest BCUT2D eigenvalue weighted by molar-refractivity contribution is -0.130. The van der Waals surface area contributed by atoms with Crippen molar-refractivity contribution in [2.45, 2.75) is 30.2 Å². The molecule has 1 fully saturated rings. The van der Waals surface area contributed by atoms with Crippen molar-refractivity contribution >= 4 is 27.7 Å². The Morgan fingerprint density at radius 1 is 0.971 bits per heavy atom. The van der Waals surface area contributed by atoms with Gasteiger partial charge in [-0.2, -0.15) is 4.31 Å². The molecule has 1 saturated heterocycles. The number of hydrogen-bond acceptors (Lipinski definition) is 5. The standard InChI is InChI=1S/C26H28N4O4S/c31-25(21-12-9-17-30(19-21)35(33,34)22-13-5-2-6-14-22)28-23(18-20-10-3-1-4-11-20)26(32)29-24-15-7-8-16-27-24/h1-8,10-11,13-16,21,23H,9,12,17-19H2,(H,28,31)(H,27,29,32)/t21-,23+/m1/s1. The van der Waals surface area contributed by atoms with E-state index in [2.05, 4.69) is 15.6 Å². The Labute approximate surface area is 205 Å². The van der Waals surface area contributed by atoms with Crippen LogP contribution in [0.2, 0.25) is 0 Å². The Bertz CT molecular complexity index is 1240. The molecule has 2 heterocycles. The summed E-state index contributed by atoms with van der Waals surface area (Å²) < 4.78 is 27.5. The topological polar surface area (TPSA) is 108 Å². The van der Waals surface area contributed by atoms with Crippen molar-refractivity contribution in [2.24, 2.45) is 5.92 Å². The van der Waals surface area contributed by atoms with Gasteiger partial charge in [-0.05, 0) is 42.7 Å². The molecule has 1 aliphatic heterocycles. The van der Waals surface area contributed by atoms with Crippen LogP contribution in [0.5, 0.6) is 0 Å². The van der Waals surface area contributed by atoms with Gasteiger partial charge in [0.1, 0.15) is 11.9 Å². The Morgan fingerprint density at radius 2 is 1.66 bits per heavy atom. The van der Waals surface area contributed by atoms with E-state index >= 15 is 0 Å². The molecule has 35 heavy (non-hydrogen) atoms. The summed E-state index contributed by atoms with van der Waals surface area (Å²) in [6.07, 6.45) is 2.98. The van der Waals surface area contributed by atoms with Crippen LogP contribution in [0.3, 0.4) is 0 Å². The second-order valence-corrected chi connectivity index (χ2v) is 10.4. The molecule has 2 atom stereocenters. The molecule has 0 spiro atoms. The second kappa shape index (κ2) is 11.2. The smallest absolute Gasteiger partial charge is 0.248 e. The van der Waals surface area contributed by atoms with Crippen molar-refractivity contribution in [3.63, 3.8) is 0 Å². The quantitative estimate of drug-likeness (QED) is 0.503. The number of aromatic nitrogens is 1. The zero-order valence-corrected chi connectivity index (χ0v) is 20.0. The molecule has 0 aliphatic carbocycles. The third-order valence-corrected chi connectivity index (χ3v) is 7.85. The van der Waals surface area contributed by atoms with Crippen molar-refractivity contribution in [3.8, 4) is 0 Å². The normalized spacial score (nSPS) is 17.3. The van der Waals surface area contributed by atoms with Gasteiger partial charge in [0, 0.05) is 25.7 Å². The number of amides is 2. The Morgan fingerprint density at radius 3 is 2.34 bits per heavy atom. The lowest BCUT2D eigenvalue weighted by atomic mass is 9.97. The first-order valence-electron chi connectivity index (χ1n) is 11.5. The highest BCUT2D eigenvalue weighted by molar-refractivity contribution is 7.89. The summed E-state index contributed by atoms with van der Waals surface area (Å²) in [5, 5.41) is 5.62. The molecule has 0 unspecified atom stereocenters. The van der Waals surface area contributed by atoms with Crippen LogP contribution >= 0.6 is 0 Å². The highest BCUT2D eigenvalue weighted by Crippen LogP contribution is 2.24. The molecule has 2 amide bonds. The molecule has 8 nitrogen and oxygen atoms in total. The average Bonchev–Trinajstić information content (AvgIpc) is 2.90. The van der Waals surface area contributed by atoms with Crippen molar-refractivity contribution in [1.82, 2.24) is 14.6 Å². The van der Waals surface area contributed by atoms with E-state index in [0.717, 1.165) is 5.56 Å². The molecular formula is C26H28N4O4S. The van der Waals surface area contributed by atoms with Gasteiger partial charge in [0.15, 0.2) is 0 Å². The van der Waals surface area contributed by atoms with E-state index < -0.39 is 22.0 Å². The minimum atomic E-state index is -3.70. The van der Waals surface area contributed by atoms with Crippen molar-refractivity contribution in [3.05, 3.63) is 90.6 Å². The fourth-order valence-corrected chi connectivity index (χ4v) is 5.66. The number of benzene rings is 2. The van der Waals surface area contributed by atoms with Gasteiger partial charge in [-0.15, -0.1) is 0 Å². The lowest BCUT2D eigenvalue weighted by Gasteiger charge is -2.32. The van der Waals surface area contributed by atoms with Crippen LogP contribution in [0.25, 0.3) is 0 Å². The number of anilines is 1. The molecule has 1 aromatic heterocycles. The summed E-state index contributed by atoms with van der Waals surface area (Å²) in [4.78, 5) is 30.6. The van der Waals surface area contributed by atoms with Gasteiger partial charge >= 0.3 is 0 Å². The number of hydrogen-bond donors (Lipinski definition) is 2. The fourth-order valence-electron chi connectivity index (χ4n) is 4.11. The van der Waals surface area contributed by atoms with Gasteiger partial charge in [0.2, 0.25) is 21.8 Å². The van der Waals surface area contributed by atoms with Gasteiger partial charge in [-0.1, -0.05) is 54.6 Å². The number of nitrogens with zero attached hydrogens (tertiary/aromatic N) is 2. The maximum atomic E-state index is 13.2. The van der Waals surface area contributed by atoms with Crippen LogP contribution in [0.15, 0.2) is 90.0 Å². The van der Waals surface area contributed by atoms with Gasteiger partial charge in [-0.3, -0.25) is 9.59 Å². The number of pyridine rings is 1. The van der Waals surface area contributed by atoms with E-state index in [-0.39, 0.29) is 23.3 Å². The molecule has 4 rings (SSSR count). The van der Waals surface area contributed by atoms with E-state index in [9.17, 15) is 18.0 Å². The number of rotatable bonds is 8. The van der Waals surface area contributed by atoms with Crippen molar-refractivity contribution in [1.29, 1.82) is 0 Å². The number of piperidine rings is 1. The predicted molar refractivity (Wildman–Crippen MR) is 133 cm³/mol. The largest absolute Gasteiger partial charge is 0.344 e. The summed E-state index contributed by atoms with van der Waals surface area (Å²) in [6.45, 7) is 0.428. The third kappa shape index (κ3) is 6.32. The fraction of sp³-hybridized carbons (Fsp3) is 0.269. The van der Waals surface area contributed by atoms with Crippen molar-refractivity contribution in [2.75, 3.05) is 18.4 Å². The highest BCUT2D eigenvalue weighted by Gasteiger charge is 2.34. The monoisotopic (exact) mass is 492 g/mol. The number of sulfonamides is 1. The summed E-state index contributed by atoms with van der Waals surface area (Å²) in [5.74, 6) is -0.883. The Balaban J connectivity index is 1.48. The van der Waals surface area contributed by atoms with Crippen LogP contribution in [0.1, 0.15) is 18.4 Å². The van der Waals surface area contributed by atoms with Gasteiger partial charge in [0.25, 0.3) is 0 Å². The molecular weight excluding hydrogens is 464 g/mol. The first-order chi connectivity index (χ1) is 16.9. The van der Waals surface area contributed by atoms with Gasteiger partial charge < -0.3 is 10.6 Å². The van der Waals surface area contributed by atoms with Crippen LogP contribution in [-0.4, -0.2) is 48.7 Å². The predicted octanol–water partition coefficient (Wildman–Crippen LogP) is 2.85. The van der Waals surface area contributed by atoms with E-state index in [1.165, 1.54) is 4.31 Å². The van der Waals surface area contributed by atoms with Crippen LogP contribution in [0, 0.1) is 5.92 Å². The molecule has 0 radical (unpaired) electrons. The summed E-state index contributed by atoms with van der Waals surface area (Å²) in [6, 6.07) is 22.0. The van der Waals surface area contributed by atoms with Crippen LogP contribution in [0.4, 0.5) is 5.82 Å². The maximum absolute atomic E-state index is 13.2. The van der Waals surface area contributed by atoms with E-state index in [4.69, 9.17) is 0 Å². The molecule has 9 heteroatoms. The maximum Gasteiger partial charge on any atom is 0.248 e. The zero-order valence-electron chi connectivity index (χ0n) is 19.2. The first-order valence-corrected chi connectivity index (χ1v) is 13.0. The molecule has 2 N–H and O–H groups in total. The molecule has 2 aromatic carbocycles. The van der Waals surface area contributed by atoms with Crippen LogP contribution in [-0.2, 0) is 26.0 Å². The average molecular weight is 493 g/mol. The molecule has 0 bridgehead atoms. The number of nitrogens with one attached hydrogen (secondary N) is 2. The van der Waals surface area contributed by atoms with Gasteiger partial charge in [0.05, 0.1) is 10.8 Å². The molecule has 0 saturated carbocycles. The summed E-state index contributed by atoms with van der Waals surface area (Å²) in [5.41, 5.74) is 0.894. The zero-order chi connectivity index (χ0) is 24.7. The lowest BCUT2D eigenvalue weighted by Crippen LogP contribution is -2.51. The first kappa shape index (κ1) is 24.6. The number of carbonyl (C=O) groups is 2. The number of carbonyl (C=O) groups excluding carboxylic acids is 2. The minimum Gasteiger partial charge on any atom is -0.344 e. The van der Waals surface area contributed by atoms with Gasteiger partial charge in [-0.25, -0.2) is 13.4 Å². The van der Waals surface area contributed by atoms with E-state index in [1.54, 1.807) is 54.7 Å². The second-order valence-electron chi connectivity index (χ2n) is 8.47. The highest BCUT2D eigenvalue weighted by atomic mass is 32.2. The Hall–Kier alpha value is -3.56. The van der Waals surface area contributed by atoms with Crippen molar-refractivity contribution < 1.29 is 18.0 Å². The minimum absolute atomic E-state index is 0.0724. The molecule has 182 valence electrons. The summed E-state index contributed by atoms with van der Waals surface area (Å²) >= 11 is 0. The molecule has 3 aromatic rings. The van der Waals surface area contributed by atoms with E-state index in [0.29, 0.717) is 31.6 Å². The molecule has 1 aliphatic rings. The van der Waals surface area contributed by atoms with E-state index in [1.807, 2.05) is 30.3 Å². The Kier molecular flexibility index (Phi) is 7.89. The summed E-state index contributed by atoms with van der Waals surface area (Å²) in [7, 11) is -3.70. The SMILES string of the molecule is O=C(N[C@@H](Cc1ccccc1)C(=O)Nc1ccccn1)[C@@H]1CCCN(S(=O)(=O)c2ccccc2)C1.